The number of para-hydroxylation sites is 1. The van der Waals surface area contributed by atoms with Crippen LogP contribution in [0, 0.1) is 22.5 Å². The Morgan fingerprint density at radius 3 is 3.13 bits per heavy atom. The Morgan fingerprint density at radius 2 is 2.26 bits per heavy atom. The van der Waals surface area contributed by atoms with Crippen molar-refractivity contribution in [2.45, 2.75) is 30.4 Å². The Labute approximate surface area is 134 Å². The number of hydrogen-bond acceptors (Lipinski definition) is 3. The first-order valence-corrected chi connectivity index (χ1v) is 8.46. The van der Waals surface area contributed by atoms with Gasteiger partial charge in [0.25, 0.3) is 0 Å². The molecule has 4 heteroatoms. The van der Waals surface area contributed by atoms with Crippen LogP contribution in [-0.4, -0.2) is 35.4 Å². The van der Waals surface area contributed by atoms with Gasteiger partial charge in [-0.3, -0.25) is 4.99 Å². The van der Waals surface area contributed by atoms with Gasteiger partial charge in [-0.05, 0) is 24.0 Å². The molecule has 4 aliphatic heterocycles. The molecule has 0 aromatic heterocycles. The van der Waals surface area contributed by atoms with Crippen molar-refractivity contribution >= 4 is 17.6 Å². The quantitative estimate of drug-likeness (QED) is 0.455. The monoisotopic (exact) mass is 306 g/mol. The lowest BCUT2D eigenvalue weighted by atomic mass is 9.39. The Bertz CT molecular complexity index is 828. The molecule has 5 bridgehead atoms. The van der Waals surface area contributed by atoms with Gasteiger partial charge in [0.05, 0.1) is 34.9 Å². The molecule has 0 radical (unpaired) electrons. The summed E-state index contributed by atoms with van der Waals surface area (Å²) in [6.07, 6.45) is 5.88. The molecule has 0 N–H and O–H groups in total. The van der Waals surface area contributed by atoms with Gasteiger partial charge in [-0.15, -0.1) is 6.58 Å². The Hall–Kier alpha value is -1.94. The highest BCUT2D eigenvalue weighted by atomic mass is 16.5. The van der Waals surface area contributed by atoms with Crippen molar-refractivity contribution in [1.82, 2.24) is 0 Å². The third-order valence-electron chi connectivity index (χ3n) is 7.19. The van der Waals surface area contributed by atoms with Crippen LogP contribution in [0.25, 0.3) is 0 Å². The molecular weight excluding hydrogens is 288 g/mol. The van der Waals surface area contributed by atoms with Crippen molar-refractivity contribution in [2.24, 2.45) is 22.2 Å². The van der Waals surface area contributed by atoms with Gasteiger partial charge in [0.1, 0.15) is 0 Å². The zero-order valence-corrected chi connectivity index (χ0v) is 12.8. The van der Waals surface area contributed by atoms with Crippen molar-refractivity contribution < 1.29 is 9.48 Å². The van der Waals surface area contributed by atoms with E-state index in [1.54, 1.807) is 0 Å². The van der Waals surface area contributed by atoms with Crippen molar-refractivity contribution in [2.75, 3.05) is 6.61 Å². The van der Waals surface area contributed by atoms with Gasteiger partial charge in [0.2, 0.25) is 0 Å². The van der Waals surface area contributed by atoms with Crippen LogP contribution >= 0.6 is 0 Å². The number of fused-ring (bicyclic) bond motifs is 3. The van der Waals surface area contributed by atoms with Crippen molar-refractivity contribution in [3.63, 3.8) is 0 Å². The van der Waals surface area contributed by atoms with E-state index in [0.717, 1.165) is 24.2 Å². The summed E-state index contributed by atoms with van der Waals surface area (Å²) < 4.78 is 7.36. The molecular formula is C19H18N2O2. The van der Waals surface area contributed by atoms with Crippen LogP contribution in [0.2, 0.25) is 0 Å². The maximum atomic E-state index is 12.7. The van der Waals surface area contributed by atoms with Crippen LogP contribution in [0.5, 0.6) is 0 Å². The van der Waals surface area contributed by atoms with E-state index in [1.807, 2.05) is 18.4 Å². The number of allylic oxidation sites excluding steroid dienone is 1. The summed E-state index contributed by atoms with van der Waals surface area (Å²) in [6, 6.07) is 8.40. The minimum absolute atomic E-state index is 0.000527. The molecule has 3 fully saturated rings. The smallest absolute Gasteiger partial charge is 0.169 e. The normalized spacial score (nSPS) is 47.7. The summed E-state index contributed by atoms with van der Waals surface area (Å²) in [5, 5.41) is 12.7. The highest BCUT2D eigenvalue weighted by molar-refractivity contribution is 6.09. The van der Waals surface area contributed by atoms with E-state index in [9.17, 15) is 5.21 Å². The molecule has 1 saturated heterocycles. The number of aliphatic imine (C=N–C) groups is 1. The number of rotatable bonds is 1. The first-order valence-electron chi connectivity index (χ1n) is 8.46. The third kappa shape index (κ3) is 1.07. The highest BCUT2D eigenvalue weighted by Gasteiger charge is 2.76. The van der Waals surface area contributed by atoms with Gasteiger partial charge >= 0.3 is 0 Å². The van der Waals surface area contributed by atoms with Crippen molar-refractivity contribution in [3.05, 3.63) is 47.7 Å². The maximum absolute atomic E-state index is 12.7. The lowest BCUT2D eigenvalue weighted by Gasteiger charge is -2.65. The number of benzene rings is 1. The van der Waals surface area contributed by atoms with E-state index in [4.69, 9.17) is 9.73 Å². The molecule has 1 spiro atoms. The summed E-state index contributed by atoms with van der Waals surface area (Å²) in [7, 11) is 0. The second-order valence-corrected chi connectivity index (χ2v) is 7.65. The van der Waals surface area contributed by atoms with E-state index < -0.39 is 0 Å². The Balaban J connectivity index is 1.76. The number of hydrogen-bond donors (Lipinski definition) is 0. The molecule has 4 nitrogen and oxygen atoms in total. The van der Waals surface area contributed by atoms with Crippen LogP contribution in [0.3, 0.4) is 0 Å². The molecule has 0 unspecified atom stereocenters. The Kier molecular flexibility index (Phi) is 1.95. The van der Waals surface area contributed by atoms with Crippen LogP contribution in [0.1, 0.15) is 18.4 Å². The predicted octanol–water partition coefficient (Wildman–Crippen LogP) is 2.58. The number of hydroxylamine groups is 1. The lowest BCUT2D eigenvalue weighted by Crippen LogP contribution is -2.75. The average Bonchev–Trinajstić information content (AvgIpc) is 2.90. The third-order valence-corrected chi connectivity index (χ3v) is 7.19. The minimum Gasteiger partial charge on any atom is -0.624 e. The topological polar surface area (TPSA) is 47.7 Å². The van der Waals surface area contributed by atoms with Crippen molar-refractivity contribution in [1.29, 1.82) is 0 Å². The van der Waals surface area contributed by atoms with Gasteiger partial charge in [-0.1, -0.05) is 24.3 Å². The zero-order chi connectivity index (χ0) is 15.4. The molecule has 2 saturated carbocycles. The van der Waals surface area contributed by atoms with E-state index in [0.29, 0.717) is 18.4 Å². The van der Waals surface area contributed by atoms with Gasteiger partial charge < -0.3 is 9.94 Å². The van der Waals surface area contributed by atoms with E-state index >= 15 is 0 Å². The second kappa shape index (κ2) is 3.59. The highest BCUT2D eigenvalue weighted by Crippen LogP contribution is 2.69. The molecule has 23 heavy (non-hydrogen) atoms. The van der Waals surface area contributed by atoms with Crippen LogP contribution < -0.4 is 0 Å². The van der Waals surface area contributed by atoms with Gasteiger partial charge in [-0.25, -0.2) is 4.74 Å². The first-order chi connectivity index (χ1) is 11.2. The maximum Gasteiger partial charge on any atom is 0.169 e. The molecule has 116 valence electrons. The predicted molar refractivity (Wildman–Crippen MR) is 87.3 cm³/mol. The fraction of sp³-hybridized carbons (Fsp3) is 0.474. The zero-order valence-electron chi connectivity index (χ0n) is 12.8. The van der Waals surface area contributed by atoms with Crippen molar-refractivity contribution in [3.8, 4) is 0 Å². The number of ether oxygens (including phenoxy) is 1. The molecule has 6 atom stereocenters. The van der Waals surface area contributed by atoms with Gasteiger partial charge in [0.15, 0.2) is 12.3 Å². The fourth-order valence-corrected chi connectivity index (χ4v) is 6.38. The molecule has 1 aromatic rings. The molecule has 1 aromatic carbocycles. The van der Waals surface area contributed by atoms with Crippen LogP contribution in [-0.2, 0) is 10.2 Å². The van der Waals surface area contributed by atoms with Crippen LogP contribution in [0.15, 0.2) is 41.9 Å². The SMILES string of the molecule is C=C[C@@]12C=[N+]([O-])[C@H]3C[C@]14C(=Nc1ccccc14)[C@H]1C[C@@H]2[C@@H]3CO1. The molecule has 4 heterocycles. The summed E-state index contributed by atoms with van der Waals surface area (Å²) >= 11 is 0. The van der Waals surface area contributed by atoms with E-state index in [2.05, 4.69) is 24.8 Å². The van der Waals surface area contributed by atoms with Gasteiger partial charge in [-0.2, -0.15) is 0 Å². The largest absolute Gasteiger partial charge is 0.624 e. The molecule has 7 rings (SSSR count). The summed E-state index contributed by atoms with van der Waals surface area (Å²) in [5.41, 5.74) is 2.92. The van der Waals surface area contributed by atoms with Crippen LogP contribution in [0.4, 0.5) is 5.69 Å². The summed E-state index contributed by atoms with van der Waals surface area (Å²) in [4.78, 5) is 5.00. The molecule has 0 amide bonds. The number of nitrogens with zero attached hydrogens (tertiary/aromatic N) is 2. The molecule has 2 aliphatic carbocycles. The lowest BCUT2D eigenvalue weighted by molar-refractivity contribution is -0.541. The standard InChI is InChI=1S/C19H18N2O2/c1-2-18-10-21(22)15-8-19(18)12-5-3-4-6-14(12)20-17(19)16-7-13(18)11(15)9-23-16/h2-6,10-11,13,15-16H,1,7-9H2/t11-,13+,15-,16+,18-,19-/m0/s1. The van der Waals surface area contributed by atoms with Gasteiger partial charge in [0, 0.05) is 12.3 Å². The second-order valence-electron chi connectivity index (χ2n) is 7.65. The Morgan fingerprint density at radius 1 is 1.39 bits per heavy atom. The first kappa shape index (κ1) is 12.5. The minimum atomic E-state index is -0.320. The fourth-order valence-electron chi connectivity index (χ4n) is 6.38. The van der Waals surface area contributed by atoms with E-state index in [1.165, 1.54) is 10.3 Å². The van der Waals surface area contributed by atoms with E-state index in [-0.39, 0.29) is 23.0 Å². The average molecular weight is 306 g/mol. The molecule has 6 aliphatic rings. The summed E-state index contributed by atoms with van der Waals surface area (Å²) in [5.74, 6) is 0.750. The summed E-state index contributed by atoms with van der Waals surface area (Å²) in [6.45, 7) is 4.86.